The SMILES string of the molecule is C[N+](C)=CC=C(Cl)c1ccc(-c2ccccc2)cc1.[O-][Cl+3]([O-])([O-])[O-]. The van der Waals surface area contributed by atoms with Crippen LogP contribution >= 0.6 is 11.6 Å². The Balaban J connectivity index is 0.000000505. The molecule has 0 unspecified atom stereocenters. The van der Waals surface area contributed by atoms with Gasteiger partial charge in [0.05, 0.1) is 5.03 Å². The summed E-state index contributed by atoms with van der Waals surface area (Å²) in [5.74, 6) is 0. The largest absolute Gasteiger partial charge is 0.241 e. The fraction of sp³-hybridized carbons (Fsp3) is 0.118. The van der Waals surface area contributed by atoms with Crippen LogP contribution in [0.5, 0.6) is 0 Å². The maximum atomic E-state index is 8.49. The predicted octanol–water partition coefficient (Wildman–Crippen LogP) is -0.480. The second-order valence-corrected chi connectivity index (χ2v) is 6.11. The highest BCUT2D eigenvalue weighted by atomic mass is 35.7. The highest BCUT2D eigenvalue weighted by Crippen LogP contribution is 2.23. The Morgan fingerprint density at radius 1 is 0.875 bits per heavy atom. The zero-order valence-electron chi connectivity index (χ0n) is 13.2. The van der Waals surface area contributed by atoms with Crippen molar-refractivity contribution in [1.82, 2.24) is 0 Å². The smallest absolute Gasteiger partial charge is 0.164 e. The molecule has 2 rings (SSSR count). The average Bonchev–Trinajstić information content (AvgIpc) is 2.52. The van der Waals surface area contributed by atoms with Gasteiger partial charge in [0.25, 0.3) is 0 Å². The molecule has 0 atom stereocenters. The maximum absolute atomic E-state index is 8.49. The number of nitrogens with zero attached hydrogens (tertiary/aromatic N) is 1. The third-order valence-corrected chi connectivity index (χ3v) is 3.13. The van der Waals surface area contributed by atoms with Crippen LogP contribution in [0, 0.1) is 10.2 Å². The minimum atomic E-state index is -4.94. The van der Waals surface area contributed by atoms with E-state index in [0.717, 1.165) is 10.6 Å². The summed E-state index contributed by atoms with van der Waals surface area (Å²) in [5, 5.41) is 0.744. The topological polar surface area (TPSA) is 95.2 Å². The Morgan fingerprint density at radius 3 is 1.79 bits per heavy atom. The van der Waals surface area contributed by atoms with E-state index in [1.807, 2.05) is 61.3 Å². The molecule has 0 spiro atoms. The second-order valence-electron chi connectivity index (χ2n) is 4.95. The molecule has 0 saturated carbocycles. The molecule has 0 heterocycles. The molecule has 0 fully saturated rings. The Bertz CT molecular complexity index is 683. The molecular formula is C17H17Cl2NO4. The van der Waals surface area contributed by atoms with Crippen LogP contribution in [0.15, 0.2) is 60.7 Å². The third-order valence-electron chi connectivity index (χ3n) is 2.79. The lowest BCUT2D eigenvalue weighted by Crippen LogP contribution is -2.68. The van der Waals surface area contributed by atoms with Crippen LogP contribution in [0.25, 0.3) is 16.2 Å². The zero-order valence-corrected chi connectivity index (χ0v) is 14.7. The van der Waals surface area contributed by atoms with E-state index < -0.39 is 10.2 Å². The van der Waals surface area contributed by atoms with Crippen LogP contribution in [0.4, 0.5) is 0 Å². The van der Waals surface area contributed by atoms with E-state index in [1.165, 1.54) is 11.1 Å². The average molecular weight is 370 g/mol. The first-order valence-electron chi connectivity index (χ1n) is 6.81. The van der Waals surface area contributed by atoms with Crippen LogP contribution < -0.4 is 18.6 Å². The number of benzene rings is 2. The molecule has 24 heavy (non-hydrogen) atoms. The first-order chi connectivity index (χ1) is 11.2. The third kappa shape index (κ3) is 8.79. The number of allylic oxidation sites excluding steroid dienone is 1. The second kappa shape index (κ2) is 9.54. The molecule has 0 aliphatic heterocycles. The first-order valence-corrected chi connectivity index (χ1v) is 8.43. The van der Waals surface area contributed by atoms with Gasteiger partial charge in [-0.25, -0.2) is 23.2 Å². The summed E-state index contributed by atoms with van der Waals surface area (Å²) < 4.78 is 35.9. The molecule has 2 aromatic carbocycles. The van der Waals surface area contributed by atoms with Gasteiger partial charge in [0.1, 0.15) is 14.1 Å². The van der Waals surface area contributed by atoms with Gasteiger partial charge in [0.2, 0.25) is 0 Å². The lowest BCUT2D eigenvalue weighted by molar-refractivity contribution is -2.00. The van der Waals surface area contributed by atoms with Gasteiger partial charge in [-0.2, -0.15) is 0 Å². The summed E-state index contributed by atoms with van der Waals surface area (Å²) in [7, 11) is -1.00. The van der Waals surface area contributed by atoms with Gasteiger partial charge >= 0.3 is 0 Å². The molecule has 2 aromatic rings. The molecule has 0 aliphatic carbocycles. The highest BCUT2D eigenvalue weighted by molar-refractivity contribution is 6.49. The van der Waals surface area contributed by atoms with Crippen LogP contribution in [0.1, 0.15) is 5.56 Å². The molecule has 0 amide bonds. The number of hydrogen-bond donors (Lipinski definition) is 0. The number of hydrogen-bond acceptors (Lipinski definition) is 4. The van der Waals surface area contributed by atoms with Crippen LogP contribution in [0.3, 0.4) is 0 Å². The van der Waals surface area contributed by atoms with Gasteiger partial charge in [0, 0.05) is 6.08 Å². The van der Waals surface area contributed by atoms with E-state index in [-0.39, 0.29) is 0 Å². The quantitative estimate of drug-likeness (QED) is 0.539. The van der Waals surface area contributed by atoms with E-state index in [1.54, 1.807) is 0 Å². The summed E-state index contributed by atoms with van der Waals surface area (Å²) in [6, 6.07) is 18.6. The van der Waals surface area contributed by atoms with Gasteiger partial charge in [-0.3, -0.25) is 0 Å². The van der Waals surface area contributed by atoms with Crippen molar-refractivity contribution >= 4 is 22.8 Å². The van der Waals surface area contributed by atoms with E-state index in [9.17, 15) is 0 Å². The van der Waals surface area contributed by atoms with E-state index in [4.69, 9.17) is 30.2 Å². The normalized spacial score (nSPS) is 11.4. The van der Waals surface area contributed by atoms with Crippen molar-refractivity contribution in [2.45, 2.75) is 0 Å². The molecule has 0 radical (unpaired) electrons. The lowest BCUT2D eigenvalue weighted by Gasteiger charge is -2.17. The summed E-state index contributed by atoms with van der Waals surface area (Å²) in [6.45, 7) is 0. The predicted molar refractivity (Wildman–Crippen MR) is 83.9 cm³/mol. The van der Waals surface area contributed by atoms with Gasteiger partial charge in [-0.05, 0) is 16.7 Å². The summed E-state index contributed by atoms with van der Waals surface area (Å²) in [6.07, 6.45) is 3.84. The van der Waals surface area contributed by atoms with Gasteiger partial charge in [0.15, 0.2) is 6.21 Å². The maximum Gasteiger partial charge on any atom is 0.164 e. The fourth-order valence-corrected chi connectivity index (χ4v) is 1.95. The number of halogens is 2. The highest BCUT2D eigenvalue weighted by Gasteiger charge is 2.00. The fourth-order valence-electron chi connectivity index (χ4n) is 1.76. The van der Waals surface area contributed by atoms with Crippen molar-refractivity contribution in [3.8, 4) is 11.1 Å². The van der Waals surface area contributed by atoms with E-state index in [0.29, 0.717) is 0 Å². The van der Waals surface area contributed by atoms with Crippen LogP contribution in [-0.4, -0.2) is 24.9 Å². The molecule has 5 nitrogen and oxygen atoms in total. The molecule has 0 N–H and O–H groups in total. The molecule has 0 bridgehead atoms. The van der Waals surface area contributed by atoms with Crippen molar-refractivity contribution < 1.29 is 33.5 Å². The minimum absolute atomic E-state index is 0.744. The van der Waals surface area contributed by atoms with Crippen molar-refractivity contribution in [2.24, 2.45) is 0 Å². The van der Waals surface area contributed by atoms with Gasteiger partial charge < -0.3 is 0 Å². The molecule has 0 saturated heterocycles. The molecular weight excluding hydrogens is 353 g/mol. The van der Waals surface area contributed by atoms with Crippen LogP contribution in [0.2, 0.25) is 0 Å². The Kier molecular flexibility index (Phi) is 8.07. The zero-order chi connectivity index (χ0) is 18.2. The molecule has 0 aromatic heterocycles. The summed E-state index contributed by atoms with van der Waals surface area (Å²) in [5.41, 5.74) is 3.44. The number of rotatable bonds is 3. The Morgan fingerprint density at radius 2 is 1.33 bits per heavy atom. The van der Waals surface area contributed by atoms with Crippen molar-refractivity contribution in [1.29, 1.82) is 0 Å². The van der Waals surface area contributed by atoms with Crippen molar-refractivity contribution in [3.05, 3.63) is 66.2 Å². The van der Waals surface area contributed by atoms with Crippen molar-refractivity contribution in [2.75, 3.05) is 14.1 Å². The molecule has 7 heteroatoms. The Labute approximate surface area is 148 Å². The first kappa shape index (κ1) is 20.3. The standard InChI is InChI=1S/C17H17ClN.ClHO4/c1-19(2)13-12-17(18)16-10-8-15(9-11-16)14-6-4-3-5-7-14;2-1(3,4)5/h3-13H,1-2H3;(H,2,3,4,5)/q+1;/p-1. The van der Waals surface area contributed by atoms with Crippen LogP contribution in [-0.2, 0) is 0 Å². The monoisotopic (exact) mass is 369 g/mol. The lowest BCUT2D eigenvalue weighted by atomic mass is 10.0. The minimum Gasteiger partial charge on any atom is -0.241 e. The molecule has 0 aliphatic rings. The van der Waals surface area contributed by atoms with E-state index in [2.05, 4.69) is 24.3 Å². The summed E-state index contributed by atoms with van der Waals surface area (Å²) >= 11 is 6.25. The molecule has 128 valence electrons. The van der Waals surface area contributed by atoms with Crippen molar-refractivity contribution in [3.63, 3.8) is 0 Å². The van der Waals surface area contributed by atoms with Gasteiger partial charge in [-0.15, -0.1) is 10.2 Å². The summed E-state index contributed by atoms with van der Waals surface area (Å²) in [4.78, 5) is 0. The Hall–Kier alpha value is -1.73. The van der Waals surface area contributed by atoms with E-state index >= 15 is 0 Å². The van der Waals surface area contributed by atoms with Gasteiger partial charge in [-0.1, -0.05) is 66.2 Å².